The first-order valence-electron chi connectivity index (χ1n) is 17.5. The number of hydrogen-bond acceptors (Lipinski definition) is 3. The Labute approximate surface area is 295 Å². The molecule has 3 aliphatic rings. The first-order chi connectivity index (χ1) is 24.1. The molecule has 3 aliphatic heterocycles. The number of benzene rings is 6. The minimum Gasteiger partial charge on any atom is -0.314 e. The summed E-state index contributed by atoms with van der Waals surface area (Å²) in [7, 11) is 0. The van der Waals surface area contributed by atoms with Crippen molar-refractivity contribution < 1.29 is 9.28 Å². The van der Waals surface area contributed by atoms with Crippen LogP contribution in [0, 0.1) is 0 Å². The highest BCUT2D eigenvalue weighted by Crippen LogP contribution is 2.28. The van der Waals surface area contributed by atoms with E-state index in [2.05, 4.69) is 150 Å². The van der Waals surface area contributed by atoms with E-state index in [0.717, 1.165) is 49.3 Å². The molecule has 0 N–H and O–H groups in total. The van der Waals surface area contributed by atoms with Crippen LogP contribution in [0.1, 0.15) is 10.4 Å². The molecule has 6 aromatic carbocycles. The van der Waals surface area contributed by atoms with Crippen molar-refractivity contribution in [3.63, 3.8) is 0 Å². The summed E-state index contributed by atoms with van der Waals surface area (Å²) in [6.45, 7) is 7.52. The van der Waals surface area contributed by atoms with Crippen molar-refractivity contribution in [2.45, 2.75) is 9.79 Å². The summed E-state index contributed by atoms with van der Waals surface area (Å²) in [5.41, 5.74) is 6.21. The Morgan fingerprint density at radius 1 is 0.490 bits per heavy atom. The minimum atomic E-state index is -1.22. The predicted molar refractivity (Wildman–Crippen MR) is 208 cm³/mol. The average molecular weight is 659 g/mol. The standard InChI is InChI=1S/C24H20B.C20H23N2OS/c1-5-13-21(14-6-1)25(22-15-7-2-8-16-22,23-17-9-3-10-18-23)24-19-11-4-12-20-24;23-20(16-22-13-10-21(11-14-22)12-15-22)17-6-8-19(9-7-17)24-18-4-2-1-3-5-18/h1-20H;1-9H,10-16H2/q-1;+1. The Morgan fingerprint density at radius 2 is 0.837 bits per heavy atom. The fourth-order valence-corrected chi connectivity index (χ4v) is 8.66. The summed E-state index contributed by atoms with van der Waals surface area (Å²) in [5.74, 6) is 0.293. The second-order valence-corrected chi connectivity index (χ2v) is 14.5. The number of fused-ring (bicyclic) bond motifs is 3. The highest BCUT2D eigenvalue weighted by Gasteiger charge is 2.40. The smallest absolute Gasteiger partial charge is 0.216 e. The number of rotatable bonds is 9. The fourth-order valence-electron chi connectivity index (χ4n) is 7.82. The van der Waals surface area contributed by atoms with Crippen LogP contribution in [0.25, 0.3) is 0 Å². The van der Waals surface area contributed by atoms with Crippen molar-refractivity contribution in [1.29, 1.82) is 0 Å². The lowest BCUT2D eigenvalue weighted by atomic mass is 9.13. The van der Waals surface area contributed by atoms with Gasteiger partial charge in [0.1, 0.15) is 12.7 Å². The highest BCUT2D eigenvalue weighted by atomic mass is 32.2. The molecule has 244 valence electrons. The van der Waals surface area contributed by atoms with Crippen LogP contribution in [0.3, 0.4) is 0 Å². The van der Waals surface area contributed by atoms with Crippen LogP contribution < -0.4 is 21.9 Å². The summed E-state index contributed by atoms with van der Waals surface area (Å²) in [6.07, 6.45) is -1.22. The Bertz CT molecular complexity index is 1740. The van der Waals surface area contributed by atoms with Crippen molar-refractivity contribution in [2.75, 3.05) is 45.8 Å². The van der Waals surface area contributed by atoms with Crippen LogP contribution in [0.15, 0.2) is 186 Å². The second-order valence-electron chi connectivity index (χ2n) is 13.4. The molecular weight excluding hydrogens is 615 g/mol. The van der Waals surface area contributed by atoms with E-state index in [4.69, 9.17) is 0 Å². The van der Waals surface area contributed by atoms with E-state index < -0.39 is 6.15 Å². The third kappa shape index (κ3) is 7.35. The summed E-state index contributed by atoms with van der Waals surface area (Å²) in [4.78, 5) is 17.6. The van der Waals surface area contributed by atoms with Crippen LogP contribution >= 0.6 is 11.8 Å². The Hall–Kier alpha value is -4.68. The van der Waals surface area contributed by atoms with Gasteiger partial charge in [-0.2, -0.15) is 21.9 Å². The summed E-state index contributed by atoms with van der Waals surface area (Å²) in [6, 6.07) is 62.0. The Balaban J connectivity index is 0.000000154. The minimum absolute atomic E-state index is 0.293. The Morgan fingerprint density at radius 3 is 1.22 bits per heavy atom. The highest BCUT2D eigenvalue weighted by molar-refractivity contribution is 7.99. The average Bonchev–Trinajstić information content (AvgIpc) is 3.18. The monoisotopic (exact) mass is 658 g/mol. The number of piperazine rings is 3. The van der Waals surface area contributed by atoms with E-state index in [1.54, 1.807) is 11.8 Å². The van der Waals surface area contributed by atoms with E-state index >= 15 is 0 Å². The maximum atomic E-state index is 12.7. The molecule has 9 rings (SSSR count). The molecule has 3 heterocycles. The molecule has 0 saturated carbocycles. The molecule has 0 amide bonds. The van der Waals surface area contributed by atoms with E-state index in [0.29, 0.717) is 12.3 Å². The molecule has 3 fully saturated rings. The van der Waals surface area contributed by atoms with Gasteiger partial charge < -0.3 is 4.48 Å². The van der Waals surface area contributed by atoms with Crippen LogP contribution in [0.4, 0.5) is 0 Å². The lowest BCUT2D eigenvalue weighted by Gasteiger charge is -2.50. The Kier molecular flexibility index (Phi) is 10.2. The van der Waals surface area contributed by atoms with Gasteiger partial charge in [-0.25, -0.2) is 0 Å². The number of Topliss-reactive ketones (excluding diaryl/α,β-unsaturated/α-hetero) is 1. The quantitative estimate of drug-likeness (QED) is 0.104. The zero-order valence-electron chi connectivity index (χ0n) is 28.0. The topological polar surface area (TPSA) is 20.3 Å². The van der Waals surface area contributed by atoms with E-state index in [-0.39, 0.29) is 0 Å². The normalized spacial score (nSPS) is 18.2. The van der Waals surface area contributed by atoms with Crippen molar-refractivity contribution in [3.05, 3.63) is 181 Å². The molecule has 6 aromatic rings. The summed E-state index contributed by atoms with van der Waals surface area (Å²) >= 11 is 1.73. The van der Waals surface area contributed by atoms with Gasteiger partial charge in [0, 0.05) is 35.0 Å². The number of hydrogen-bond donors (Lipinski definition) is 0. The van der Waals surface area contributed by atoms with Crippen molar-refractivity contribution in [2.24, 2.45) is 0 Å². The SMILES string of the molecule is O=C(C[N+]12CCN(CC1)CC2)c1ccc(Sc2ccccc2)cc1.c1ccc([B-](c2ccccc2)(c2ccccc2)c2ccccc2)cc1. The molecule has 0 radical (unpaired) electrons. The van der Waals surface area contributed by atoms with Gasteiger partial charge in [-0.05, 0) is 24.3 Å². The number of carbonyl (C=O) groups excluding carboxylic acids is 1. The molecule has 0 atom stereocenters. The van der Waals surface area contributed by atoms with Gasteiger partial charge in [-0.3, -0.25) is 9.69 Å². The van der Waals surface area contributed by atoms with Gasteiger partial charge in [-0.15, -0.1) is 0 Å². The molecule has 0 aliphatic carbocycles. The van der Waals surface area contributed by atoms with Gasteiger partial charge in [-0.1, -0.05) is 163 Å². The fraction of sp³-hybridized carbons (Fsp3) is 0.159. The van der Waals surface area contributed by atoms with Gasteiger partial charge >= 0.3 is 0 Å². The number of ketones is 1. The maximum absolute atomic E-state index is 12.7. The van der Waals surface area contributed by atoms with Crippen LogP contribution in [-0.2, 0) is 0 Å². The number of nitrogens with zero attached hydrogens (tertiary/aromatic N) is 2. The van der Waals surface area contributed by atoms with Gasteiger partial charge in [0.25, 0.3) is 0 Å². The third-order valence-electron chi connectivity index (χ3n) is 10.5. The maximum Gasteiger partial charge on any atom is 0.216 e. The molecule has 5 heteroatoms. The lowest BCUT2D eigenvalue weighted by molar-refractivity contribution is -0.933. The molecule has 2 bridgehead atoms. The molecular formula is C44H43BN2OS. The predicted octanol–water partition coefficient (Wildman–Crippen LogP) is 6.23. The first-order valence-corrected chi connectivity index (χ1v) is 18.3. The molecule has 0 spiro atoms. The van der Waals surface area contributed by atoms with Gasteiger partial charge in [0.2, 0.25) is 5.78 Å². The van der Waals surface area contributed by atoms with E-state index in [1.807, 2.05) is 30.3 Å². The van der Waals surface area contributed by atoms with E-state index in [1.165, 1.54) is 31.6 Å². The van der Waals surface area contributed by atoms with E-state index in [9.17, 15) is 4.79 Å². The van der Waals surface area contributed by atoms with Gasteiger partial charge in [0.15, 0.2) is 0 Å². The largest absolute Gasteiger partial charge is 0.314 e. The van der Waals surface area contributed by atoms with Crippen LogP contribution in [0.2, 0.25) is 0 Å². The molecule has 0 aromatic heterocycles. The molecule has 3 saturated heterocycles. The van der Waals surface area contributed by atoms with Gasteiger partial charge in [0.05, 0.1) is 19.6 Å². The second kappa shape index (κ2) is 15.3. The molecule has 3 nitrogen and oxygen atoms in total. The van der Waals surface area contributed by atoms with Crippen molar-refractivity contribution in [3.8, 4) is 0 Å². The summed E-state index contributed by atoms with van der Waals surface area (Å²) < 4.78 is 0.996. The zero-order valence-corrected chi connectivity index (χ0v) is 28.8. The third-order valence-corrected chi connectivity index (χ3v) is 11.5. The lowest BCUT2D eigenvalue weighted by Crippen LogP contribution is -2.74. The van der Waals surface area contributed by atoms with Crippen molar-refractivity contribution >= 4 is 45.5 Å². The van der Waals surface area contributed by atoms with Crippen LogP contribution in [-0.4, -0.2) is 67.1 Å². The van der Waals surface area contributed by atoms with Crippen molar-refractivity contribution in [1.82, 2.24) is 4.90 Å². The zero-order chi connectivity index (χ0) is 33.4. The molecule has 0 unspecified atom stereocenters. The summed E-state index contributed by atoms with van der Waals surface area (Å²) in [5, 5.41) is 0. The first kappa shape index (κ1) is 32.9. The number of carbonyl (C=O) groups is 1. The molecule has 49 heavy (non-hydrogen) atoms. The number of quaternary nitrogens is 1. The van der Waals surface area contributed by atoms with Crippen LogP contribution in [0.5, 0.6) is 0 Å².